The van der Waals surface area contributed by atoms with Crippen molar-refractivity contribution in [1.29, 1.82) is 0 Å². The van der Waals surface area contributed by atoms with Crippen molar-refractivity contribution in [3.63, 3.8) is 0 Å². The molecule has 1 aliphatic heterocycles. The fourth-order valence-corrected chi connectivity index (χ4v) is 3.98. The van der Waals surface area contributed by atoms with Gasteiger partial charge in [-0.1, -0.05) is 19.3 Å². The smallest absolute Gasteiger partial charge is 0.410 e. The van der Waals surface area contributed by atoms with Crippen LogP contribution in [0.5, 0.6) is 0 Å². The Morgan fingerprint density at radius 2 is 1.73 bits per heavy atom. The maximum Gasteiger partial charge on any atom is 0.410 e. The lowest BCUT2D eigenvalue weighted by Crippen LogP contribution is -2.56. The zero-order chi connectivity index (χ0) is 16.3. The van der Waals surface area contributed by atoms with Gasteiger partial charge in [0.1, 0.15) is 5.60 Å². The van der Waals surface area contributed by atoms with Gasteiger partial charge in [-0.2, -0.15) is 0 Å². The Balaban J connectivity index is 2.09. The van der Waals surface area contributed by atoms with Crippen LogP contribution >= 0.6 is 0 Å². The van der Waals surface area contributed by atoms with Gasteiger partial charge in [-0.25, -0.2) is 4.79 Å². The van der Waals surface area contributed by atoms with Crippen LogP contribution in [0.2, 0.25) is 0 Å². The quantitative estimate of drug-likeness (QED) is 0.835. The Kier molecular flexibility index (Phi) is 5.76. The molecule has 1 saturated carbocycles. The lowest BCUT2D eigenvalue weighted by atomic mass is 9.79. The van der Waals surface area contributed by atoms with E-state index in [1.54, 1.807) is 0 Å². The number of hydrogen-bond acceptors (Lipinski definition) is 3. The minimum absolute atomic E-state index is 0.0818. The molecule has 3 atom stereocenters. The molecular weight excluding hydrogens is 278 g/mol. The van der Waals surface area contributed by atoms with Gasteiger partial charge in [0.2, 0.25) is 0 Å². The van der Waals surface area contributed by atoms with Crippen molar-refractivity contribution in [3.05, 3.63) is 0 Å². The molecule has 1 saturated heterocycles. The number of ether oxygens (including phenoxy) is 1. The normalized spacial score (nSPS) is 29.2. The average molecular weight is 311 g/mol. The summed E-state index contributed by atoms with van der Waals surface area (Å²) in [5, 5.41) is 10.9. The van der Waals surface area contributed by atoms with E-state index in [2.05, 4.69) is 6.92 Å². The molecule has 0 aromatic heterocycles. The molecule has 0 bridgehead atoms. The lowest BCUT2D eigenvalue weighted by molar-refractivity contribution is -0.0505. The molecule has 128 valence electrons. The summed E-state index contributed by atoms with van der Waals surface area (Å²) in [5.41, 5.74) is -0.491. The van der Waals surface area contributed by atoms with Crippen LogP contribution in [0.25, 0.3) is 0 Å². The third kappa shape index (κ3) is 4.37. The molecule has 1 aliphatic carbocycles. The molecule has 1 N–H and O–H groups in total. The zero-order valence-electron chi connectivity index (χ0n) is 14.7. The molecule has 1 amide bonds. The van der Waals surface area contributed by atoms with E-state index in [1.165, 1.54) is 19.3 Å². The molecule has 4 heteroatoms. The minimum Gasteiger partial charge on any atom is -0.444 e. The third-order valence-electron chi connectivity index (χ3n) is 5.09. The Hall–Kier alpha value is -0.770. The summed E-state index contributed by atoms with van der Waals surface area (Å²) < 4.78 is 5.59. The second-order valence-corrected chi connectivity index (χ2v) is 8.12. The van der Waals surface area contributed by atoms with Crippen LogP contribution < -0.4 is 0 Å². The number of carbonyl (C=O) groups is 1. The van der Waals surface area contributed by atoms with E-state index < -0.39 is 11.7 Å². The van der Waals surface area contributed by atoms with E-state index in [1.807, 2.05) is 25.7 Å². The topological polar surface area (TPSA) is 49.8 Å². The summed E-state index contributed by atoms with van der Waals surface area (Å²) in [6, 6.07) is 0.0635. The van der Waals surface area contributed by atoms with Gasteiger partial charge in [0.25, 0.3) is 0 Å². The van der Waals surface area contributed by atoms with Crippen molar-refractivity contribution in [2.24, 2.45) is 5.92 Å². The predicted molar refractivity (Wildman–Crippen MR) is 87.8 cm³/mol. The first-order valence-electron chi connectivity index (χ1n) is 8.99. The summed E-state index contributed by atoms with van der Waals surface area (Å²) >= 11 is 0. The number of nitrogens with zero attached hydrogens (tertiary/aromatic N) is 1. The van der Waals surface area contributed by atoms with Gasteiger partial charge >= 0.3 is 6.09 Å². The van der Waals surface area contributed by atoms with Crippen molar-refractivity contribution in [1.82, 2.24) is 4.90 Å². The van der Waals surface area contributed by atoms with Gasteiger partial charge in [0.15, 0.2) is 0 Å². The molecule has 2 rings (SSSR count). The van der Waals surface area contributed by atoms with Crippen LogP contribution in [0, 0.1) is 5.92 Å². The molecule has 0 spiro atoms. The van der Waals surface area contributed by atoms with Gasteiger partial charge in [0.05, 0.1) is 12.1 Å². The number of rotatable bonds is 2. The SMILES string of the molecule is C[C@@H]1CCC[C@@H]([C@H](O)C2CCCCC2)N1C(=O)OC(C)(C)C. The highest BCUT2D eigenvalue weighted by molar-refractivity contribution is 5.69. The summed E-state index contributed by atoms with van der Waals surface area (Å²) in [4.78, 5) is 14.4. The number of aliphatic hydroxyl groups excluding tert-OH is 1. The molecular formula is C18H33NO3. The maximum absolute atomic E-state index is 12.6. The van der Waals surface area contributed by atoms with Gasteiger partial charge in [0, 0.05) is 6.04 Å². The standard InChI is InChI=1S/C18H33NO3/c1-13-9-8-12-15(16(20)14-10-6-5-7-11-14)19(13)17(21)22-18(2,3)4/h13-16,20H,5-12H2,1-4H3/t13-,15+,16-/m1/s1. The summed E-state index contributed by atoms with van der Waals surface area (Å²) in [5.74, 6) is 0.342. The number of aliphatic hydroxyl groups is 1. The molecule has 22 heavy (non-hydrogen) atoms. The van der Waals surface area contributed by atoms with Gasteiger partial charge in [-0.15, -0.1) is 0 Å². The van der Waals surface area contributed by atoms with Crippen LogP contribution in [-0.2, 0) is 4.74 Å². The number of likely N-dealkylation sites (tertiary alicyclic amines) is 1. The fourth-order valence-electron chi connectivity index (χ4n) is 3.98. The van der Waals surface area contributed by atoms with E-state index in [-0.39, 0.29) is 18.2 Å². The maximum atomic E-state index is 12.6. The van der Waals surface area contributed by atoms with Crippen LogP contribution in [0.1, 0.15) is 79.1 Å². The first kappa shape index (κ1) is 17.6. The first-order valence-corrected chi connectivity index (χ1v) is 8.99. The fraction of sp³-hybridized carbons (Fsp3) is 0.944. The van der Waals surface area contributed by atoms with E-state index >= 15 is 0 Å². The highest BCUT2D eigenvalue weighted by Gasteiger charge is 2.40. The summed E-state index contributed by atoms with van der Waals surface area (Å²) in [6.07, 6.45) is 8.16. The molecule has 0 aromatic rings. The Morgan fingerprint density at radius 3 is 2.32 bits per heavy atom. The number of piperidine rings is 1. The Labute approximate surface area is 135 Å². The van der Waals surface area contributed by atoms with E-state index in [0.717, 1.165) is 32.1 Å². The van der Waals surface area contributed by atoms with Crippen molar-refractivity contribution in [2.45, 2.75) is 103 Å². The van der Waals surface area contributed by atoms with E-state index in [0.29, 0.717) is 5.92 Å². The molecule has 4 nitrogen and oxygen atoms in total. The predicted octanol–water partition coefficient (Wildman–Crippen LogP) is 4.11. The van der Waals surface area contributed by atoms with Crippen molar-refractivity contribution < 1.29 is 14.6 Å². The van der Waals surface area contributed by atoms with Crippen LogP contribution in [0.15, 0.2) is 0 Å². The van der Waals surface area contributed by atoms with Crippen LogP contribution in [0.3, 0.4) is 0 Å². The Morgan fingerprint density at radius 1 is 1.09 bits per heavy atom. The minimum atomic E-state index is -0.491. The second kappa shape index (κ2) is 7.20. The lowest BCUT2D eigenvalue weighted by Gasteiger charge is -2.45. The average Bonchev–Trinajstić information content (AvgIpc) is 2.45. The van der Waals surface area contributed by atoms with Crippen molar-refractivity contribution >= 4 is 6.09 Å². The van der Waals surface area contributed by atoms with Gasteiger partial charge < -0.3 is 9.84 Å². The van der Waals surface area contributed by atoms with Gasteiger partial charge in [-0.3, -0.25) is 4.90 Å². The third-order valence-corrected chi connectivity index (χ3v) is 5.09. The highest BCUT2D eigenvalue weighted by atomic mass is 16.6. The van der Waals surface area contributed by atoms with Crippen molar-refractivity contribution in [3.8, 4) is 0 Å². The molecule has 1 heterocycles. The number of carbonyl (C=O) groups excluding carboxylic acids is 1. The summed E-state index contributed by atoms with van der Waals surface area (Å²) in [7, 11) is 0. The van der Waals surface area contributed by atoms with Crippen LogP contribution in [-0.4, -0.2) is 39.9 Å². The zero-order valence-corrected chi connectivity index (χ0v) is 14.7. The molecule has 2 fully saturated rings. The largest absolute Gasteiger partial charge is 0.444 e. The van der Waals surface area contributed by atoms with Crippen molar-refractivity contribution in [2.75, 3.05) is 0 Å². The summed E-state index contributed by atoms with van der Waals surface area (Å²) in [6.45, 7) is 7.76. The first-order chi connectivity index (χ1) is 10.3. The number of hydrogen-bond donors (Lipinski definition) is 1. The molecule has 0 unspecified atom stereocenters. The van der Waals surface area contributed by atoms with Crippen LogP contribution in [0.4, 0.5) is 4.79 Å². The highest BCUT2D eigenvalue weighted by Crippen LogP contribution is 2.34. The number of amides is 1. The Bertz CT molecular complexity index is 371. The molecule has 0 radical (unpaired) electrons. The van der Waals surface area contributed by atoms with E-state index in [4.69, 9.17) is 4.74 Å². The molecule has 2 aliphatic rings. The van der Waals surface area contributed by atoms with Gasteiger partial charge in [-0.05, 0) is 65.7 Å². The second-order valence-electron chi connectivity index (χ2n) is 8.12. The molecule has 0 aromatic carbocycles. The monoisotopic (exact) mass is 311 g/mol. The van der Waals surface area contributed by atoms with E-state index in [9.17, 15) is 9.90 Å².